The van der Waals surface area contributed by atoms with Crippen LogP contribution in [0, 0.1) is 13.8 Å². The number of hydrazone groups is 1. The Morgan fingerprint density at radius 3 is 2.41 bits per heavy atom. The summed E-state index contributed by atoms with van der Waals surface area (Å²) in [5.74, 6) is -0.330. The minimum absolute atomic E-state index is 0.0237. The van der Waals surface area contributed by atoms with Crippen LogP contribution in [0.5, 0.6) is 5.75 Å². The topological polar surface area (TPSA) is 86.4 Å². The van der Waals surface area contributed by atoms with Gasteiger partial charge in [-0.1, -0.05) is 28.1 Å². The second-order valence-corrected chi connectivity index (χ2v) is 7.34. The Bertz CT molecular complexity index is 1110. The predicted molar refractivity (Wildman–Crippen MR) is 117 cm³/mol. The van der Waals surface area contributed by atoms with Gasteiger partial charge >= 0.3 is 0 Å². The molecular weight excluding hydrogens is 432 g/mol. The van der Waals surface area contributed by atoms with E-state index in [1.165, 1.54) is 17.8 Å². The van der Waals surface area contributed by atoms with Crippen molar-refractivity contribution in [3.05, 3.63) is 87.4 Å². The fourth-order valence-electron chi connectivity index (χ4n) is 2.47. The first-order valence-corrected chi connectivity index (χ1v) is 9.62. The first-order chi connectivity index (χ1) is 13.9. The molecule has 0 saturated carbocycles. The van der Waals surface area contributed by atoms with Crippen LogP contribution in [0.2, 0.25) is 0 Å². The Labute approximate surface area is 177 Å². The highest BCUT2D eigenvalue weighted by Crippen LogP contribution is 2.25. The van der Waals surface area contributed by atoms with Crippen LogP contribution in [0.25, 0.3) is 0 Å². The molecule has 3 rings (SSSR count). The van der Waals surface area contributed by atoms with E-state index in [2.05, 4.69) is 36.7 Å². The molecule has 0 aliphatic carbocycles. The standard InChI is InChI=1S/C22H19BrN4O2/c1-14-6-7-19(10-15(14)2)25-26-20-8-9-21(28)17(12-20)13-24-27-22(29)16-4-3-5-18(23)11-16/h3-13,28H,1-2H3,(H,27,29). The minimum atomic E-state index is -0.354. The molecule has 3 aromatic carbocycles. The first kappa shape index (κ1) is 20.4. The molecule has 0 aliphatic heterocycles. The summed E-state index contributed by atoms with van der Waals surface area (Å²) in [5, 5.41) is 22.4. The Kier molecular flexibility index (Phi) is 6.51. The van der Waals surface area contributed by atoms with Crippen LogP contribution < -0.4 is 5.43 Å². The zero-order chi connectivity index (χ0) is 20.8. The van der Waals surface area contributed by atoms with Crippen LogP contribution in [0.4, 0.5) is 11.4 Å². The van der Waals surface area contributed by atoms with Crippen molar-refractivity contribution in [3.63, 3.8) is 0 Å². The molecule has 0 aromatic heterocycles. The molecule has 29 heavy (non-hydrogen) atoms. The van der Waals surface area contributed by atoms with Crippen LogP contribution in [0.1, 0.15) is 27.0 Å². The summed E-state index contributed by atoms with van der Waals surface area (Å²) in [7, 11) is 0. The van der Waals surface area contributed by atoms with Gasteiger partial charge in [0.25, 0.3) is 5.91 Å². The van der Waals surface area contributed by atoms with Crippen molar-refractivity contribution in [2.45, 2.75) is 13.8 Å². The van der Waals surface area contributed by atoms with Crippen molar-refractivity contribution in [2.24, 2.45) is 15.3 Å². The van der Waals surface area contributed by atoms with Crippen LogP contribution in [-0.4, -0.2) is 17.2 Å². The molecule has 0 atom stereocenters. The van der Waals surface area contributed by atoms with Crippen molar-refractivity contribution in [1.82, 2.24) is 5.43 Å². The number of halogens is 1. The second-order valence-electron chi connectivity index (χ2n) is 6.42. The fraction of sp³-hybridized carbons (Fsp3) is 0.0909. The number of hydrogen-bond donors (Lipinski definition) is 2. The van der Waals surface area contributed by atoms with Crippen molar-refractivity contribution in [2.75, 3.05) is 0 Å². The van der Waals surface area contributed by atoms with E-state index in [1.54, 1.807) is 30.3 Å². The average Bonchev–Trinajstić information content (AvgIpc) is 2.70. The molecule has 0 aliphatic rings. The van der Waals surface area contributed by atoms with Crippen LogP contribution in [-0.2, 0) is 0 Å². The predicted octanol–water partition coefficient (Wildman–Crippen LogP) is 5.95. The number of phenolic OH excluding ortho intramolecular Hbond substituents is 1. The van der Waals surface area contributed by atoms with Gasteiger partial charge in [0.15, 0.2) is 0 Å². The average molecular weight is 451 g/mol. The molecule has 0 unspecified atom stereocenters. The van der Waals surface area contributed by atoms with Gasteiger partial charge in [-0.3, -0.25) is 4.79 Å². The van der Waals surface area contributed by atoms with Gasteiger partial charge in [-0.15, -0.1) is 0 Å². The number of aryl methyl sites for hydroxylation is 2. The molecule has 0 bridgehead atoms. The molecule has 0 saturated heterocycles. The number of hydrogen-bond acceptors (Lipinski definition) is 5. The maximum absolute atomic E-state index is 12.1. The van der Waals surface area contributed by atoms with Crippen LogP contribution in [0.15, 0.2) is 80.5 Å². The second kappa shape index (κ2) is 9.25. The fourth-order valence-corrected chi connectivity index (χ4v) is 2.86. The zero-order valence-electron chi connectivity index (χ0n) is 15.9. The lowest BCUT2D eigenvalue weighted by Crippen LogP contribution is -2.17. The van der Waals surface area contributed by atoms with E-state index in [0.717, 1.165) is 15.7 Å². The van der Waals surface area contributed by atoms with Crippen molar-refractivity contribution >= 4 is 39.4 Å². The van der Waals surface area contributed by atoms with E-state index in [9.17, 15) is 9.90 Å². The van der Waals surface area contributed by atoms with Crippen molar-refractivity contribution in [3.8, 4) is 5.75 Å². The SMILES string of the molecule is Cc1ccc(N=Nc2ccc(O)c(C=NNC(=O)c3cccc(Br)c3)c2)cc1C. The molecular formula is C22H19BrN4O2. The van der Waals surface area contributed by atoms with Crippen molar-refractivity contribution < 1.29 is 9.90 Å². The summed E-state index contributed by atoms with van der Waals surface area (Å²) in [5.41, 5.74) is 6.95. The van der Waals surface area contributed by atoms with Gasteiger partial charge < -0.3 is 5.11 Å². The number of benzene rings is 3. The lowest BCUT2D eigenvalue weighted by molar-refractivity contribution is 0.0955. The van der Waals surface area contributed by atoms with E-state index in [0.29, 0.717) is 16.8 Å². The van der Waals surface area contributed by atoms with E-state index in [1.807, 2.05) is 38.1 Å². The molecule has 146 valence electrons. The number of amides is 1. The minimum Gasteiger partial charge on any atom is -0.507 e. The summed E-state index contributed by atoms with van der Waals surface area (Å²) in [6, 6.07) is 17.6. The molecule has 6 nitrogen and oxygen atoms in total. The number of aromatic hydroxyl groups is 1. The highest BCUT2D eigenvalue weighted by molar-refractivity contribution is 9.10. The van der Waals surface area contributed by atoms with Crippen molar-refractivity contribution in [1.29, 1.82) is 0 Å². The Morgan fingerprint density at radius 2 is 1.69 bits per heavy atom. The van der Waals surface area contributed by atoms with E-state index in [4.69, 9.17) is 0 Å². The first-order valence-electron chi connectivity index (χ1n) is 8.83. The summed E-state index contributed by atoms with van der Waals surface area (Å²) < 4.78 is 0.800. The van der Waals surface area contributed by atoms with Gasteiger partial charge in [0.05, 0.1) is 17.6 Å². The number of nitrogens with zero attached hydrogens (tertiary/aromatic N) is 3. The highest BCUT2D eigenvalue weighted by atomic mass is 79.9. The lowest BCUT2D eigenvalue weighted by atomic mass is 10.1. The summed E-state index contributed by atoms with van der Waals surface area (Å²) in [6.45, 7) is 4.06. The third-order valence-electron chi connectivity index (χ3n) is 4.24. The molecule has 0 fully saturated rings. The van der Waals surface area contributed by atoms with Gasteiger partial charge in [0.1, 0.15) is 5.75 Å². The monoisotopic (exact) mass is 450 g/mol. The zero-order valence-corrected chi connectivity index (χ0v) is 17.5. The number of phenols is 1. The Balaban J connectivity index is 1.71. The number of carbonyl (C=O) groups excluding carboxylic acids is 1. The summed E-state index contributed by atoms with van der Waals surface area (Å²) in [6.07, 6.45) is 1.36. The van der Waals surface area contributed by atoms with Crippen LogP contribution in [0.3, 0.4) is 0 Å². The largest absolute Gasteiger partial charge is 0.507 e. The molecule has 2 N–H and O–H groups in total. The Morgan fingerprint density at radius 1 is 0.966 bits per heavy atom. The Hall–Kier alpha value is -3.32. The molecule has 3 aromatic rings. The number of nitrogens with one attached hydrogen (secondary N) is 1. The van der Waals surface area contributed by atoms with Crippen LogP contribution >= 0.6 is 15.9 Å². The van der Waals surface area contributed by atoms with Gasteiger partial charge in [-0.05, 0) is 73.5 Å². The van der Waals surface area contributed by atoms with E-state index in [-0.39, 0.29) is 11.7 Å². The van der Waals surface area contributed by atoms with Gasteiger partial charge in [-0.2, -0.15) is 15.3 Å². The molecule has 7 heteroatoms. The number of rotatable bonds is 5. The van der Waals surface area contributed by atoms with E-state index < -0.39 is 0 Å². The van der Waals surface area contributed by atoms with Gasteiger partial charge in [0.2, 0.25) is 0 Å². The number of azo groups is 1. The van der Waals surface area contributed by atoms with E-state index >= 15 is 0 Å². The quantitative estimate of drug-likeness (QED) is 0.285. The third kappa shape index (κ3) is 5.58. The highest BCUT2D eigenvalue weighted by Gasteiger charge is 2.05. The maximum atomic E-state index is 12.1. The summed E-state index contributed by atoms with van der Waals surface area (Å²) in [4.78, 5) is 12.1. The lowest BCUT2D eigenvalue weighted by Gasteiger charge is -2.02. The van der Waals surface area contributed by atoms with Gasteiger partial charge in [-0.25, -0.2) is 5.43 Å². The molecule has 0 radical (unpaired) electrons. The normalized spacial score (nSPS) is 11.3. The smallest absolute Gasteiger partial charge is 0.271 e. The van der Waals surface area contributed by atoms with Gasteiger partial charge in [0, 0.05) is 15.6 Å². The molecule has 0 heterocycles. The maximum Gasteiger partial charge on any atom is 0.271 e. The number of carbonyl (C=O) groups is 1. The third-order valence-corrected chi connectivity index (χ3v) is 4.73. The summed E-state index contributed by atoms with van der Waals surface area (Å²) >= 11 is 3.32. The molecule has 1 amide bonds. The molecule has 0 spiro atoms.